The van der Waals surface area contributed by atoms with Crippen LogP contribution in [0.1, 0.15) is 40.0 Å². The summed E-state index contributed by atoms with van der Waals surface area (Å²) >= 11 is 2.02. The van der Waals surface area contributed by atoms with E-state index < -0.39 is 18.6 Å². The zero-order valence-electron chi connectivity index (χ0n) is 19.6. The van der Waals surface area contributed by atoms with Gasteiger partial charge < -0.3 is 20.1 Å². The molecule has 0 bridgehead atoms. The number of ether oxygens (including phenoxy) is 2. The summed E-state index contributed by atoms with van der Waals surface area (Å²) in [6.45, 7) is 4.25. The molecule has 0 aliphatic carbocycles. The van der Waals surface area contributed by atoms with Crippen LogP contribution in [-0.2, 0) is 9.53 Å². The zero-order valence-corrected chi connectivity index (χ0v) is 20.5. The summed E-state index contributed by atoms with van der Waals surface area (Å²) in [4.78, 5) is 20.4. The van der Waals surface area contributed by atoms with Gasteiger partial charge in [0, 0.05) is 32.6 Å². The standard InChI is InChI=1S/C16H23F2N3O3.C6H13NS/c1-5-12(24-11-16(2,17)18)10-23-14-7-6-13(19-8-9-22)15(20-14)21(3)4;1-6(7)2-4-8-5-3-6/h6-9,12H,5,10-11H2,1-4H3;2-5,7H2,1H3. The van der Waals surface area contributed by atoms with E-state index in [1.807, 2.05) is 18.7 Å². The van der Waals surface area contributed by atoms with Gasteiger partial charge in [-0.1, -0.05) is 6.92 Å². The normalized spacial score (nSPS) is 16.8. The molecule has 1 aromatic heterocycles. The Morgan fingerprint density at radius 1 is 1.38 bits per heavy atom. The summed E-state index contributed by atoms with van der Waals surface area (Å²) in [7, 11) is 3.57. The molecule has 0 aromatic carbocycles. The fourth-order valence-corrected chi connectivity index (χ4v) is 4.03. The zero-order chi connectivity index (χ0) is 24.2. The van der Waals surface area contributed by atoms with E-state index >= 15 is 0 Å². The Morgan fingerprint density at radius 2 is 2.03 bits per heavy atom. The minimum absolute atomic E-state index is 0.114. The minimum Gasteiger partial charge on any atom is -0.475 e. The number of carbonyl (C=O) groups excluding carboxylic acids is 1. The van der Waals surface area contributed by atoms with Crippen molar-refractivity contribution in [3.05, 3.63) is 12.1 Å². The maximum Gasteiger partial charge on any atom is 0.268 e. The monoisotopic (exact) mass is 474 g/mol. The van der Waals surface area contributed by atoms with Gasteiger partial charge in [0.25, 0.3) is 5.92 Å². The molecule has 0 saturated carbocycles. The van der Waals surface area contributed by atoms with Crippen molar-refractivity contribution in [3.8, 4) is 5.88 Å². The molecule has 2 N–H and O–H groups in total. The number of hydrogen-bond acceptors (Lipinski definition) is 8. The molecule has 0 radical (unpaired) electrons. The lowest BCUT2D eigenvalue weighted by atomic mass is 9.97. The first-order chi connectivity index (χ1) is 15.0. The molecular weight excluding hydrogens is 438 g/mol. The van der Waals surface area contributed by atoms with E-state index in [9.17, 15) is 13.6 Å². The van der Waals surface area contributed by atoms with Crippen LogP contribution in [0.25, 0.3) is 0 Å². The molecule has 10 heteroatoms. The van der Waals surface area contributed by atoms with E-state index in [0.717, 1.165) is 13.1 Å². The summed E-state index contributed by atoms with van der Waals surface area (Å²) in [6, 6.07) is 3.27. The van der Waals surface area contributed by atoms with Crippen molar-refractivity contribution in [1.82, 2.24) is 4.98 Å². The van der Waals surface area contributed by atoms with Gasteiger partial charge in [-0.25, -0.2) is 13.8 Å². The molecular formula is C22H36F2N4O3S. The highest BCUT2D eigenvalue weighted by Gasteiger charge is 2.24. The molecule has 2 heterocycles. The lowest BCUT2D eigenvalue weighted by Gasteiger charge is -2.28. The predicted octanol–water partition coefficient (Wildman–Crippen LogP) is 4.11. The highest BCUT2D eigenvalue weighted by Crippen LogP contribution is 2.27. The van der Waals surface area contributed by atoms with Crippen LogP contribution >= 0.6 is 11.8 Å². The summed E-state index contributed by atoms with van der Waals surface area (Å²) < 4.78 is 36.4. The first-order valence-corrected chi connectivity index (χ1v) is 11.8. The number of aldehydes is 1. The number of nitrogens with zero attached hydrogens (tertiary/aromatic N) is 3. The van der Waals surface area contributed by atoms with Crippen LogP contribution < -0.4 is 15.4 Å². The van der Waals surface area contributed by atoms with Crippen molar-refractivity contribution in [2.24, 2.45) is 10.7 Å². The predicted molar refractivity (Wildman–Crippen MR) is 128 cm³/mol. The maximum atomic E-state index is 12.8. The summed E-state index contributed by atoms with van der Waals surface area (Å²) in [5.41, 5.74) is 6.54. The van der Waals surface area contributed by atoms with Crippen LogP contribution in [0.3, 0.4) is 0 Å². The second-order valence-corrected chi connectivity index (χ2v) is 9.51. The Bertz CT molecular complexity index is 720. The second-order valence-electron chi connectivity index (χ2n) is 8.29. The van der Waals surface area contributed by atoms with E-state index in [0.29, 0.717) is 30.1 Å². The number of alkyl halides is 2. The van der Waals surface area contributed by atoms with E-state index in [1.165, 1.54) is 24.3 Å². The highest BCUT2D eigenvalue weighted by atomic mass is 32.2. The average Bonchev–Trinajstić information content (AvgIpc) is 2.72. The summed E-state index contributed by atoms with van der Waals surface area (Å²) in [5, 5.41) is 0. The Kier molecular flexibility index (Phi) is 12.1. The molecule has 0 spiro atoms. The summed E-state index contributed by atoms with van der Waals surface area (Å²) in [5.74, 6) is 0.496. The Labute approximate surface area is 194 Å². The number of thioether (sulfide) groups is 1. The van der Waals surface area contributed by atoms with E-state index in [1.54, 1.807) is 31.1 Å². The third-order valence-electron chi connectivity index (χ3n) is 4.61. The van der Waals surface area contributed by atoms with Crippen molar-refractivity contribution < 1.29 is 23.0 Å². The molecule has 1 aromatic rings. The topological polar surface area (TPSA) is 90.0 Å². The Hall–Kier alpha value is -1.78. The number of carbonyl (C=O) groups is 1. The average molecular weight is 475 g/mol. The molecule has 2 rings (SSSR count). The highest BCUT2D eigenvalue weighted by molar-refractivity contribution is 7.99. The number of aliphatic imine (C=N–C) groups is 1. The lowest BCUT2D eigenvalue weighted by molar-refractivity contribution is -0.102. The smallest absolute Gasteiger partial charge is 0.268 e. The largest absolute Gasteiger partial charge is 0.475 e. The van der Waals surface area contributed by atoms with Crippen LogP contribution in [0.4, 0.5) is 20.3 Å². The van der Waals surface area contributed by atoms with Gasteiger partial charge in [-0.2, -0.15) is 16.7 Å². The fraction of sp³-hybridized carbons (Fsp3) is 0.682. The van der Waals surface area contributed by atoms with Gasteiger partial charge in [0.1, 0.15) is 18.9 Å². The third-order valence-corrected chi connectivity index (χ3v) is 5.59. The van der Waals surface area contributed by atoms with Crippen molar-refractivity contribution in [1.29, 1.82) is 0 Å². The van der Waals surface area contributed by atoms with Crippen LogP contribution in [0.5, 0.6) is 5.88 Å². The lowest BCUT2D eigenvalue weighted by Crippen LogP contribution is -2.39. The van der Waals surface area contributed by atoms with Crippen molar-refractivity contribution in [2.75, 3.05) is 43.7 Å². The quantitative estimate of drug-likeness (QED) is 0.403. The van der Waals surface area contributed by atoms with Gasteiger partial charge in [-0.15, -0.1) is 0 Å². The van der Waals surface area contributed by atoms with Crippen molar-refractivity contribution in [3.63, 3.8) is 0 Å². The van der Waals surface area contributed by atoms with E-state index in [2.05, 4.69) is 16.9 Å². The number of rotatable bonds is 10. The van der Waals surface area contributed by atoms with Crippen LogP contribution in [-0.4, -0.2) is 73.9 Å². The molecule has 1 saturated heterocycles. The first-order valence-electron chi connectivity index (χ1n) is 10.6. The number of nitrogens with two attached hydrogens (primary N) is 1. The van der Waals surface area contributed by atoms with Gasteiger partial charge >= 0.3 is 0 Å². The van der Waals surface area contributed by atoms with Gasteiger partial charge in [0.05, 0.1) is 12.3 Å². The van der Waals surface area contributed by atoms with Crippen LogP contribution in [0.15, 0.2) is 17.1 Å². The molecule has 7 nitrogen and oxygen atoms in total. The van der Waals surface area contributed by atoms with E-state index in [4.69, 9.17) is 15.2 Å². The maximum absolute atomic E-state index is 12.8. The molecule has 32 heavy (non-hydrogen) atoms. The Balaban J connectivity index is 0.000000533. The fourth-order valence-electron chi connectivity index (χ4n) is 2.61. The van der Waals surface area contributed by atoms with Crippen molar-refractivity contribution >= 4 is 35.8 Å². The van der Waals surface area contributed by atoms with Gasteiger partial charge in [0.2, 0.25) is 5.88 Å². The molecule has 1 unspecified atom stereocenters. The third kappa shape index (κ3) is 11.7. The summed E-state index contributed by atoms with van der Waals surface area (Å²) in [6.07, 6.45) is 4.19. The number of hydrogen-bond donors (Lipinski definition) is 1. The molecule has 1 aliphatic rings. The number of anilines is 1. The molecule has 0 amide bonds. The van der Waals surface area contributed by atoms with Gasteiger partial charge in [0.15, 0.2) is 12.1 Å². The second kappa shape index (κ2) is 13.7. The molecule has 1 aliphatic heterocycles. The minimum atomic E-state index is -2.87. The molecule has 1 atom stereocenters. The van der Waals surface area contributed by atoms with Crippen LogP contribution in [0, 0.1) is 0 Å². The number of halogens is 2. The van der Waals surface area contributed by atoms with Gasteiger partial charge in [-0.3, -0.25) is 4.79 Å². The van der Waals surface area contributed by atoms with Gasteiger partial charge in [-0.05, 0) is 43.8 Å². The van der Waals surface area contributed by atoms with Crippen molar-refractivity contribution in [2.45, 2.75) is 57.6 Å². The van der Waals surface area contributed by atoms with E-state index in [-0.39, 0.29) is 12.1 Å². The number of pyridine rings is 1. The Morgan fingerprint density at radius 3 is 2.50 bits per heavy atom. The number of aromatic nitrogens is 1. The molecule has 1 fully saturated rings. The SMILES string of the molecule is CC1(N)CCSCC1.CCC(COc1ccc(N=CC=O)c(N(C)C)n1)OCC(C)(F)F. The van der Waals surface area contributed by atoms with Crippen LogP contribution in [0.2, 0.25) is 0 Å². The molecule has 182 valence electrons. The first kappa shape index (κ1) is 28.3.